The van der Waals surface area contributed by atoms with Crippen molar-refractivity contribution in [3.8, 4) is 11.5 Å². The Morgan fingerprint density at radius 1 is 0.773 bits per heavy atom. The van der Waals surface area contributed by atoms with Gasteiger partial charge in [0.1, 0.15) is 0 Å². The second kappa shape index (κ2) is 14.0. The van der Waals surface area contributed by atoms with Crippen LogP contribution in [0.1, 0.15) is 94.7 Å². The van der Waals surface area contributed by atoms with Gasteiger partial charge in [-0.05, 0) is 91.3 Å². The average molecular weight is 721 g/mol. The summed E-state index contributed by atoms with van der Waals surface area (Å²) in [6.07, 6.45) is 8.99. The van der Waals surface area contributed by atoms with E-state index in [2.05, 4.69) is 67.1 Å². The van der Waals surface area contributed by atoms with E-state index >= 15 is 0 Å². The molecule has 4 saturated carbocycles. The molecule has 0 atom stereocenters. The fourth-order valence-corrected chi connectivity index (χ4v) is 10.5. The Morgan fingerprint density at radius 3 is 1.91 bits per heavy atom. The van der Waals surface area contributed by atoms with Crippen LogP contribution in [0.2, 0.25) is 0 Å². The number of nitrogens with zero attached hydrogens (tertiary/aromatic N) is 2. The van der Waals surface area contributed by atoms with Gasteiger partial charge in [0.05, 0.1) is 0 Å². The molecule has 8 rings (SSSR count). The molecule has 0 unspecified atom stereocenters. The monoisotopic (exact) mass is 720 g/mol. The molecule has 1 saturated heterocycles. The van der Waals surface area contributed by atoms with Gasteiger partial charge in [-0.2, -0.15) is 6.67 Å². The Hall–Kier alpha value is -1.71. The van der Waals surface area contributed by atoms with E-state index in [1.165, 1.54) is 61.9 Å². The van der Waals surface area contributed by atoms with E-state index in [0.717, 1.165) is 41.4 Å². The van der Waals surface area contributed by atoms with Gasteiger partial charge in [-0.1, -0.05) is 45.9 Å². The van der Waals surface area contributed by atoms with E-state index < -0.39 is 13.5 Å². The quantitative estimate of drug-likeness (QED) is 0.138. The third-order valence-electron chi connectivity index (χ3n) is 10.2. The van der Waals surface area contributed by atoms with Crippen molar-refractivity contribution in [3.05, 3.63) is 96.2 Å². The zero-order chi connectivity index (χ0) is 30.8. The number of ether oxygens (including phenoxy) is 1. The molecule has 5 fully saturated rings. The number of halogens is 2. The molecular weight excluding hydrogens is 672 g/mol. The molecular formula is C38H48Cl2N2ORu. The van der Waals surface area contributed by atoms with Gasteiger partial charge in [0, 0.05) is 12.2 Å². The van der Waals surface area contributed by atoms with E-state index in [1.54, 1.807) is 0 Å². The Labute approximate surface area is 278 Å². The summed E-state index contributed by atoms with van der Waals surface area (Å²) in [5.41, 5.74) is 6.04. The van der Waals surface area contributed by atoms with Crippen LogP contribution in [0.5, 0.6) is 11.5 Å². The number of anilines is 1. The molecule has 1 N–H and O–H groups in total. The molecule has 4 bridgehead atoms. The third kappa shape index (κ3) is 7.15. The van der Waals surface area contributed by atoms with E-state index in [4.69, 9.17) is 19.4 Å². The van der Waals surface area contributed by atoms with Crippen molar-refractivity contribution in [1.82, 2.24) is 4.90 Å². The van der Waals surface area contributed by atoms with Crippen LogP contribution in [0, 0.1) is 24.4 Å². The molecule has 0 aromatic heterocycles. The average Bonchev–Trinajstić information content (AvgIpc) is 3.49. The van der Waals surface area contributed by atoms with Crippen LogP contribution < -0.4 is 4.90 Å². The number of benzene rings is 3. The second-order valence-electron chi connectivity index (χ2n) is 14.1. The summed E-state index contributed by atoms with van der Waals surface area (Å²) in [5, 5.41) is 0. The molecule has 238 valence electrons. The first-order valence-corrected chi connectivity index (χ1v) is 21.9. The van der Waals surface area contributed by atoms with Crippen LogP contribution >= 0.6 is 19.4 Å². The van der Waals surface area contributed by atoms with Gasteiger partial charge in [0.25, 0.3) is 0 Å². The van der Waals surface area contributed by atoms with Crippen molar-refractivity contribution in [3.63, 3.8) is 0 Å². The van der Waals surface area contributed by atoms with Crippen LogP contribution in [0.4, 0.5) is 5.69 Å². The maximum atomic E-state index is 5.90. The summed E-state index contributed by atoms with van der Waals surface area (Å²) in [5.74, 6) is 6.03. The Bertz CT molecular complexity index is 1390. The predicted octanol–water partition coefficient (Wildman–Crippen LogP) is 10.6. The Morgan fingerprint density at radius 2 is 1.34 bits per heavy atom. The summed E-state index contributed by atoms with van der Waals surface area (Å²) >= 11 is -1.81. The fraction of sp³-hybridized carbons (Fsp3) is 0.474. The number of aromatic hydroxyl groups is 2. The van der Waals surface area contributed by atoms with Crippen LogP contribution in [0.15, 0.2) is 72.8 Å². The van der Waals surface area contributed by atoms with Crippen molar-refractivity contribution >= 4 is 29.7 Å². The Kier molecular flexibility index (Phi) is 10.2. The molecule has 0 radical (unpaired) electrons. The van der Waals surface area contributed by atoms with Gasteiger partial charge in [-0.3, -0.25) is 0 Å². The van der Waals surface area contributed by atoms with E-state index in [-0.39, 0.29) is 0 Å². The SMILES string of the molecule is CC(C)c1cccc(C(C)C)c1N1[CH-]N(C23CC4CC(CC(C4)C2)C3)CC1.[Cl][Ru]([Cl])=[CH]c1ccccc1[OH+]c1ccccc1. The van der Waals surface area contributed by atoms with Crippen molar-refractivity contribution in [2.24, 2.45) is 17.8 Å². The van der Waals surface area contributed by atoms with Gasteiger partial charge in [-0.15, -0.1) is 0 Å². The van der Waals surface area contributed by atoms with Crippen molar-refractivity contribution in [2.75, 3.05) is 18.0 Å². The van der Waals surface area contributed by atoms with Crippen LogP contribution in [-0.4, -0.2) is 32.9 Å². The standard InChI is InChI=1S/C25H37N2.C13H10O.2ClH.Ru/c1-17(2)22-6-5-7-23(18(3)4)24(22)26-8-9-27(16-26)25-13-19-10-20(14-25)12-21(11-19)15-25;1-11-7-5-6-10-13(11)14-12-8-3-2-4-9-12;;;/h5-7,16-21H,8-15H2,1-4H3;1-10H;2*1H;/q-1;;;;+2/p-1. The first-order chi connectivity index (χ1) is 21.2. The van der Waals surface area contributed by atoms with Crippen LogP contribution in [-0.2, 0) is 13.5 Å². The topological polar surface area (TPSA) is 19.3 Å². The zero-order valence-corrected chi connectivity index (χ0v) is 29.8. The van der Waals surface area contributed by atoms with Gasteiger partial charge in [0.2, 0.25) is 0 Å². The molecule has 6 heteroatoms. The first-order valence-electron chi connectivity index (χ1n) is 16.4. The predicted molar refractivity (Wildman–Crippen MR) is 185 cm³/mol. The summed E-state index contributed by atoms with van der Waals surface area (Å²) < 4.78 is 6.48. The van der Waals surface area contributed by atoms with Gasteiger partial charge >= 0.3 is 114 Å². The molecule has 4 aliphatic carbocycles. The molecule has 0 amide bonds. The molecule has 3 aromatic rings. The summed E-state index contributed by atoms with van der Waals surface area (Å²) in [6, 6.07) is 24.7. The number of rotatable bonds is 7. The fourth-order valence-electron chi connectivity index (χ4n) is 8.69. The van der Waals surface area contributed by atoms with Gasteiger partial charge in [0.15, 0.2) is 0 Å². The number of hydrogen-bond donors (Lipinski definition) is 0. The molecule has 3 aromatic carbocycles. The molecule has 44 heavy (non-hydrogen) atoms. The zero-order valence-electron chi connectivity index (χ0n) is 26.6. The van der Waals surface area contributed by atoms with Crippen molar-refractivity contribution < 1.29 is 18.3 Å². The van der Waals surface area contributed by atoms with Gasteiger partial charge in [-0.25, -0.2) is 0 Å². The first kappa shape index (κ1) is 32.2. The Balaban J connectivity index is 0.000000174. The summed E-state index contributed by atoms with van der Waals surface area (Å²) in [4.78, 5) is 5.42. The second-order valence-corrected chi connectivity index (χ2v) is 19.8. The number of para-hydroxylation sites is 3. The molecule has 1 heterocycles. The van der Waals surface area contributed by atoms with Crippen LogP contribution in [0.3, 0.4) is 0 Å². The minimum absolute atomic E-state index is 0.494. The third-order valence-corrected chi connectivity index (χ3v) is 12.1. The molecule has 3 nitrogen and oxygen atoms in total. The summed E-state index contributed by atoms with van der Waals surface area (Å²) in [7, 11) is 11.8. The normalized spacial score (nSPS) is 26.1. The molecule has 5 aliphatic rings. The minimum atomic E-state index is -1.81. The van der Waals surface area contributed by atoms with E-state index in [9.17, 15) is 0 Å². The summed E-state index contributed by atoms with van der Waals surface area (Å²) in [6.45, 7) is 14.3. The van der Waals surface area contributed by atoms with Crippen molar-refractivity contribution in [1.29, 1.82) is 0 Å². The van der Waals surface area contributed by atoms with Crippen LogP contribution in [0.25, 0.3) is 0 Å². The molecule has 1 aliphatic heterocycles. The van der Waals surface area contributed by atoms with E-state index in [1.807, 2.05) is 59.2 Å². The van der Waals surface area contributed by atoms with Gasteiger partial charge < -0.3 is 9.80 Å². The van der Waals surface area contributed by atoms with E-state index in [0.29, 0.717) is 17.4 Å². The maximum absolute atomic E-state index is 5.90. The number of hydrogen-bond acceptors (Lipinski definition) is 2. The van der Waals surface area contributed by atoms with Crippen molar-refractivity contribution in [2.45, 2.75) is 83.6 Å². The molecule has 0 spiro atoms.